The maximum atomic E-state index is 12.3. The van der Waals surface area contributed by atoms with Crippen molar-refractivity contribution in [3.63, 3.8) is 0 Å². The van der Waals surface area contributed by atoms with Crippen molar-refractivity contribution in [2.45, 2.75) is 38.6 Å². The van der Waals surface area contributed by atoms with Crippen molar-refractivity contribution in [3.8, 4) is 0 Å². The van der Waals surface area contributed by atoms with Crippen LogP contribution >= 0.6 is 0 Å². The Morgan fingerprint density at radius 1 is 1.25 bits per heavy atom. The van der Waals surface area contributed by atoms with E-state index in [2.05, 4.69) is 0 Å². The van der Waals surface area contributed by atoms with Crippen LogP contribution in [0.15, 0.2) is 30.3 Å². The van der Waals surface area contributed by atoms with E-state index in [0.717, 1.165) is 12.0 Å². The molecule has 1 heterocycles. The zero-order chi connectivity index (χ0) is 14.5. The van der Waals surface area contributed by atoms with E-state index in [9.17, 15) is 9.59 Å². The number of likely N-dealkylation sites (tertiary alicyclic amines) is 1. The molecule has 108 valence electrons. The molecule has 0 saturated carbocycles. The Kier molecular flexibility index (Phi) is 4.77. The minimum absolute atomic E-state index is 0.0623. The van der Waals surface area contributed by atoms with Gasteiger partial charge in [-0.1, -0.05) is 30.3 Å². The van der Waals surface area contributed by atoms with Gasteiger partial charge in [-0.2, -0.15) is 0 Å². The summed E-state index contributed by atoms with van der Waals surface area (Å²) in [7, 11) is 0. The summed E-state index contributed by atoms with van der Waals surface area (Å²) in [5, 5.41) is 9.09. The molecule has 0 aromatic heterocycles. The second-order valence-electron chi connectivity index (χ2n) is 5.49. The minimum atomic E-state index is -0.794. The number of carbonyl (C=O) groups excluding carboxylic acids is 1. The number of hydrogen-bond acceptors (Lipinski definition) is 2. The molecule has 1 aromatic carbocycles. The van der Waals surface area contributed by atoms with Gasteiger partial charge in [0.25, 0.3) is 0 Å². The molecule has 1 N–H and O–H groups in total. The molecule has 2 atom stereocenters. The molecule has 0 aliphatic carbocycles. The molecule has 1 aliphatic rings. The second-order valence-corrected chi connectivity index (χ2v) is 5.49. The van der Waals surface area contributed by atoms with Gasteiger partial charge in [0.05, 0.1) is 5.92 Å². The van der Waals surface area contributed by atoms with Crippen LogP contribution in [0.2, 0.25) is 0 Å². The molecule has 1 fully saturated rings. The summed E-state index contributed by atoms with van der Waals surface area (Å²) in [5.74, 6) is -1.14. The van der Waals surface area contributed by atoms with Gasteiger partial charge in [0, 0.05) is 19.0 Å². The number of benzene rings is 1. The van der Waals surface area contributed by atoms with Gasteiger partial charge in [0.2, 0.25) is 5.91 Å². The highest BCUT2D eigenvalue weighted by Gasteiger charge is 2.32. The molecule has 1 aliphatic heterocycles. The van der Waals surface area contributed by atoms with Crippen molar-refractivity contribution in [1.29, 1.82) is 0 Å². The van der Waals surface area contributed by atoms with Gasteiger partial charge in [0.15, 0.2) is 0 Å². The standard InChI is InChI=1S/C16H21NO3/c1-12-7-9-14(16(19)20)11-17(12)15(18)10-8-13-5-3-2-4-6-13/h2-6,12,14H,7-11H2,1H3,(H,19,20). The molecule has 1 aromatic rings. The first-order chi connectivity index (χ1) is 9.58. The van der Waals surface area contributed by atoms with Crippen LogP contribution in [0.4, 0.5) is 0 Å². The molecule has 1 saturated heterocycles. The van der Waals surface area contributed by atoms with Gasteiger partial charge in [-0.15, -0.1) is 0 Å². The van der Waals surface area contributed by atoms with Gasteiger partial charge in [-0.25, -0.2) is 0 Å². The van der Waals surface area contributed by atoms with Crippen LogP contribution in [0, 0.1) is 5.92 Å². The summed E-state index contributed by atoms with van der Waals surface area (Å²) >= 11 is 0. The number of aliphatic carboxylic acids is 1. The second kappa shape index (κ2) is 6.55. The monoisotopic (exact) mass is 275 g/mol. The number of hydrogen-bond donors (Lipinski definition) is 1. The van der Waals surface area contributed by atoms with Gasteiger partial charge >= 0.3 is 5.97 Å². The SMILES string of the molecule is CC1CCC(C(=O)O)CN1C(=O)CCc1ccccc1. The molecule has 4 heteroatoms. The first-order valence-corrected chi connectivity index (χ1v) is 7.14. The maximum absolute atomic E-state index is 12.3. The predicted molar refractivity (Wildman–Crippen MR) is 76.3 cm³/mol. The Balaban J connectivity index is 1.91. The Bertz CT molecular complexity index is 472. The fourth-order valence-electron chi connectivity index (χ4n) is 2.70. The third-order valence-electron chi connectivity index (χ3n) is 4.02. The fraction of sp³-hybridized carbons (Fsp3) is 0.500. The number of piperidine rings is 1. The lowest BCUT2D eigenvalue weighted by Gasteiger charge is -2.36. The van der Waals surface area contributed by atoms with Gasteiger partial charge < -0.3 is 10.0 Å². The van der Waals surface area contributed by atoms with Crippen molar-refractivity contribution >= 4 is 11.9 Å². The van der Waals surface area contributed by atoms with Gasteiger partial charge in [-0.3, -0.25) is 9.59 Å². The summed E-state index contributed by atoms with van der Waals surface area (Å²) in [6.45, 7) is 2.35. The normalized spacial score (nSPS) is 22.6. The van der Waals surface area contributed by atoms with E-state index >= 15 is 0 Å². The van der Waals surface area contributed by atoms with Crippen LogP contribution < -0.4 is 0 Å². The Labute approximate surface area is 119 Å². The molecule has 0 spiro atoms. The quantitative estimate of drug-likeness (QED) is 0.917. The number of nitrogens with zero attached hydrogens (tertiary/aromatic N) is 1. The Morgan fingerprint density at radius 3 is 2.60 bits per heavy atom. The summed E-state index contributed by atoms with van der Waals surface area (Å²) in [6.07, 6.45) is 2.59. The summed E-state index contributed by atoms with van der Waals surface area (Å²) in [4.78, 5) is 25.1. The molecule has 0 radical (unpaired) electrons. The van der Waals surface area contributed by atoms with Crippen molar-refractivity contribution < 1.29 is 14.7 Å². The fourth-order valence-corrected chi connectivity index (χ4v) is 2.70. The highest BCUT2D eigenvalue weighted by Crippen LogP contribution is 2.23. The van der Waals surface area contributed by atoms with E-state index in [1.807, 2.05) is 37.3 Å². The maximum Gasteiger partial charge on any atom is 0.308 e. The number of amides is 1. The van der Waals surface area contributed by atoms with Crippen molar-refractivity contribution in [1.82, 2.24) is 4.90 Å². The molecule has 2 rings (SSSR count). The van der Waals surface area contributed by atoms with E-state index in [4.69, 9.17) is 5.11 Å². The average molecular weight is 275 g/mol. The number of carbonyl (C=O) groups is 2. The first-order valence-electron chi connectivity index (χ1n) is 7.14. The first kappa shape index (κ1) is 14.6. The largest absolute Gasteiger partial charge is 0.481 e. The molecule has 2 unspecified atom stereocenters. The van der Waals surface area contributed by atoms with E-state index in [1.54, 1.807) is 4.90 Å². The Morgan fingerprint density at radius 2 is 1.95 bits per heavy atom. The van der Waals surface area contributed by atoms with E-state index in [0.29, 0.717) is 25.8 Å². The van der Waals surface area contributed by atoms with Crippen LogP contribution in [0.25, 0.3) is 0 Å². The lowest BCUT2D eigenvalue weighted by atomic mass is 9.93. The van der Waals surface area contributed by atoms with Crippen LogP contribution in [0.3, 0.4) is 0 Å². The van der Waals surface area contributed by atoms with Crippen LogP contribution in [-0.2, 0) is 16.0 Å². The topological polar surface area (TPSA) is 57.6 Å². The smallest absolute Gasteiger partial charge is 0.308 e. The van der Waals surface area contributed by atoms with E-state index in [1.165, 1.54) is 0 Å². The molecule has 4 nitrogen and oxygen atoms in total. The third-order valence-corrected chi connectivity index (χ3v) is 4.02. The summed E-state index contributed by atoms with van der Waals surface area (Å²) in [6, 6.07) is 10.0. The molecule has 20 heavy (non-hydrogen) atoms. The van der Waals surface area contributed by atoms with Crippen LogP contribution in [0.1, 0.15) is 31.7 Å². The molecular formula is C16H21NO3. The summed E-state index contributed by atoms with van der Waals surface area (Å²) < 4.78 is 0. The molecule has 1 amide bonds. The number of aryl methyl sites for hydroxylation is 1. The number of rotatable bonds is 4. The number of carboxylic acid groups (broad SMARTS) is 1. The van der Waals surface area contributed by atoms with Crippen molar-refractivity contribution in [2.75, 3.05) is 6.54 Å². The predicted octanol–water partition coefficient (Wildman–Crippen LogP) is 2.33. The van der Waals surface area contributed by atoms with Crippen LogP contribution in [0.5, 0.6) is 0 Å². The zero-order valence-electron chi connectivity index (χ0n) is 11.8. The Hall–Kier alpha value is -1.84. The highest BCUT2D eigenvalue weighted by molar-refractivity contribution is 5.78. The van der Waals surface area contributed by atoms with Crippen molar-refractivity contribution in [3.05, 3.63) is 35.9 Å². The van der Waals surface area contributed by atoms with Gasteiger partial charge in [0.1, 0.15) is 0 Å². The van der Waals surface area contributed by atoms with Gasteiger partial charge in [-0.05, 0) is 31.7 Å². The number of carboxylic acids is 1. The highest BCUT2D eigenvalue weighted by atomic mass is 16.4. The van der Waals surface area contributed by atoms with Crippen LogP contribution in [-0.4, -0.2) is 34.5 Å². The summed E-state index contributed by atoms with van der Waals surface area (Å²) in [5.41, 5.74) is 1.14. The molecular weight excluding hydrogens is 254 g/mol. The lowest BCUT2D eigenvalue weighted by Crippen LogP contribution is -2.47. The van der Waals surface area contributed by atoms with Crippen molar-refractivity contribution in [2.24, 2.45) is 5.92 Å². The average Bonchev–Trinajstić information content (AvgIpc) is 2.46. The van der Waals surface area contributed by atoms with E-state index < -0.39 is 11.9 Å². The third kappa shape index (κ3) is 3.59. The van der Waals surface area contributed by atoms with E-state index in [-0.39, 0.29) is 11.9 Å². The lowest BCUT2D eigenvalue weighted by molar-refractivity contribution is -0.147. The minimum Gasteiger partial charge on any atom is -0.481 e. The molecule has 0 bridgehead atoms. The zero-order valence-corrected chi connectivity index (χ0v) is 11.8.